The lowest BCUT2D eigenvalue weighted by atomic mass is 10.1. The van der Waals surface area contributed by atoms with Crippen molar-refractivity contribution in [3.8, 4) is 0 Å². The van der Waals surface area contributed by atoms with E-state index < -0.39 is 11.6 Å². The topological polar surface area (TPSA) is 6.48 Å². The van der Waals surface area contributed by atoms with Crippen LogP contribution < -0.4 is 4.90 Å². The molecule has 2 aromatic rings. The molecule has 22 heavy (non-hydrogen) atoms. The largest absolute Gasteiger partial charge is 0.369 e. The van der Waals surface area contributed by atoms with Gasteiger partial charge in [-0.1, -0.05) is 23.8 Å². The van der Waals surface area contributed by atoms with E-state index in [4.69, 9.17) is 0 Å². The van der Waals surface area contributed by atoms with E-state index in [9.17, 15) is 8.78 Å². The predicted octanol–water partition coefficient (Wildman–Crippen LogP) is 3.60. The molecule has 1 saturated heterocycles. The number of halogens is 2. The van der Waals surface area contributed by atoms with Crippen molar-refractivity contribution in [1.29, 1.82) is 0 Å². The van der Waals surface area contributed by atoms with Gasteiger partial charge in [0.1, 0.15) is 11.6 Å². The van der Waals surface area contributed by atoms with E-state index in [1.54, 1.807) is 0 Å². The van der Waals surface area contributed by atoms with Crippen LogP contribution >= 0.6 is 0 Å². The molecule has 1 aliphatic rings. The Morgan fingerprint density at radius 1 is 0.909 bits per heavy atom. The van der Waals surface area contributed by atoms with Gasteiger partial charge in [-0.3, -0.25) is 4.90 Å². The zero-order valence-electron chi connectivity index (χ0n) is 12.7. The maximum absolute atomic E-state index is 13.7. The first-order valence-electron chi connectivity index (χ1n) is 7.60. The summed E-state index contributed by atoms with van der Waals surface area (Å²) in [6, 6.07) is 12.3. The Bertz CT molecular complexity index is 632. The van der Waals surface area contributed by atoms with Gasteiger partial charge in [-0.05, 0) is 25.1 Å². The Morgan fingerprint density at radius 3 is 2.23 bits per heavy atom. The molecule has 0 radical (unpaired) electrons. The summed E-state index contributed by atoms with van der Waals surface area (Å²) in [5, 5.41) is 0. The summed E-state index contributed by atoms with van der Waals surface area (Å²) in [6.45, 7) is 6.22. The van der Waals surface area contributed by atoms with Crippen LogP contribution in [0.5, 0.6) is 0 Å². The Balaban J connectivity index is 1.58. The molecular weight excluding hydrogens is 282 g/mol. The fourth-order valence-electron chi connectivity index (χ4n) is 2.81. The average molecular weight is 302 g/mol. The van der Waals surface area contributed by atoms with Crippen molar-refractivity contribution in [2.24, 2.45) is 0 Å². The third-order valence-electron chi connectivity index (χ3n) is 4.18. The highest BCUT2D eigenvalue weighted by Crippen LogP contribution is 2.19. The van der Waals surface area contributed by atoms with Crippen molar-refractivity contribution in [2.45, 2.75) is 13.5 Å². The first kappa shape index (κ1) is 15.0. The van der Waals surface area contributed by atoms with Crippen LogP contribution in [0.2, 0.25) is 0 Å². The lowest BCUT2D eigenvalue weighted by molar-refractivity contribution is 0.246. The van der Waals surface area contributed by atoms with Gasteiger partial charge in [-0.2, -0.15) is 0 Å². The van der Waals surface area contributed by atoms with Gasteiger partial charge < -0.3 is 4.90 Å². The van der Waals surface area contributed by atoms with Crippen molar-refractivity contribution >= 4 is 5.69 Å². The Morgan fingerprint density at radius 2 is 1.59 bits per heavy atom. The number of rotatable bonds is 3. The molecule has 0 N–H and O–H groups in total. The Labute approximate surface area is 130 Å². The average Bonchev–Trinajstić information content (AvgIpc) is 2.52. The number of piperazine rings is 1. The predicted molar refractivity (Wildman–Crippen MR) is 85.0 cm³/mol. The van der Waals surface area contributed by atoms with Gasteiger partial charge in [0.15, 0.2) is 0 Å². The lowest BCUT2D eigenvalue weighted by Gasteiger charge is -2.36. The summed E-state index contributed by atoms with van der Waals surface area (Å²) >= 11 is 0. The van der Waals surface area contributed by atoms with Gasteiger partial charge in [0, 0.05) is 50.0 Å². The molecule has 0 aromatic heterocycles. The smallest absolute Gasteiger partial charge is 0.130 e. The van der Waals surface area contributed by atoms with Crippen LogP contribution in [0.25, 0.3) is 0 Å². The van der Waals surface area contributed by atoms with Gasteiger partial charge in [0.05, 0.1) is 0 Å². The highest BCUT2D eigenvalue weighted by atomic mass is 19.1. The van der Waals surface area contributed by atoms with E-state index in [0.717, 1.165) is 32.2 Å². The summed E-state index contributed by atoms with van der Waals surface area (Å²) in [5.74, 6) is -0.980. The quantitative estimate of drug-likeness (QED) is 0.855. The number of benzene rings is 2. The fourth-order valence-corrected chi connectivity index (χ4v) is 2.81. The third-order valence-corrected chi connectivity index (χ3v) is 4.18. The van der Waals surface area contributed by atoms with Crippen LogP contribution in [0.15, 0.2) is 42.5 Å². The van der Waals surface area contributed by atoms with E-state index in [0.29, 0.717) is 12.1 Å². The molecule has 2 aromatic carbocycles. The van der Waals surface area contributed by atoms with Crippen LogP contribution in [0.4, 0.5) is 14.5 Å². The number of hydrogen-bond donors (Lipinski definition) is 0. The maximum atomic E-state index is 13.7. The van der Waals surface area contributed by atoms with Crippen molar-refractivity contribution < 1.29 is 8.78 Å². The molecule has 1 fully saturated rings. The summed E-state index contributed by atoms with van der Waals surface area (Å²) < 4.78 is 26.6. The summed E-state index contributed by atoms with van der Waals surface area (Å²) in [7, 11) is 0. The molecular formula is C18H20F2N2. The first-order valence-corrected chi connectivity index (χ1v) is 7.60. The number of aryl methyl sites for hydroxylation is 1. The van der Waals surface area contributed by atoms with Crippen LogP contribution in [-0.2, 0) is 6.54 Å². The molecule has 0 saturated carbocycles. The van der Waals surface area contributed by atoms with E-state index >= 15 is 0 Å². The molecule has 0 unspecified atom stereocenters. The molecule has 116 valence electrons. The van der Waals surface area contributed by atoms with Gasteiger partial charge >= 0.3 is 0 Å². The zero-order valence-corrected chi connectivity index (χ0v) is 12.7. The number of nitrogens with zero attached hydrogens (tertiary/aromatic N) is 2. The summed E-state index contributed by atoms with van der Waals surface area (Å²) in [6.07, 6.45) is 0. The first-order chi connectivity index (χ1) is 10.6. The summed E-state index contributed by atoms with van der Waals surface area (Å²) in [4.78, 5) is 4.55. The van der Waals surface area contributed by atoms with E-state index in [2.05, 4.69) is 41.0 Å². The molecule has 0 amide bonds. The van der Waals surface area contributed by atoms with Gasteiger partial charge in [-0.25, -0.2) is 8.78 Å². The molecule has 0 aliphatic carbocycles. The standard InChI is InChI=1S/C18H20F2N2/c1-14-2-6-17(7-3-14)22-10-8-21(9-11-22)13-15-4-5-16(19)12-18(15)20/h2-7,12H,8-11,13H2,1H3. The normalized spacial score (nSPS) is 16.0. The van der Waals surface area contributed by atoms with Crippen LogP contribution in [0.3, 0.4) is 0 Å². The van der Waals surface area contributed by atoms with E-state index in [1.807, 2.05) is 0 Å². The van der Waals surface area contributed by atoms with Crippen LogP contribution in [-0.4, -0.2) is 31.1 Å². The van der Waals surface area contributed by atoms with Crippen molar-refractivity contribution in [2.75, 3.05) is 31.1 Å². The van der Waals surface area contributed by atoms with Gasteiger partial charge in [0.2, 0.25) is 0 Å². The molecule has 0 bridgehead atoms. The van der Waals surface area contributed by atoms with Gasteiger partial charge in [-0.15, -0.1) is 0 Å². The summed E-state index contributed by atoms with van der Waals surface area (Å²) in [5.41, 5.74) is 3.05. The minimum atomic E-state index is -0.523. The number of hydrogen-bond acceptors (Lipinski definition) is 2. The van der Waals surface area contributed by atoms with Crippen LogP contribution in [0, 0.1) is 18.6 Å². The molecule has 4 heteroatoms. The monoisotopic (exact) mass is 302 g/mol. The zero-order chi connectivity index (χ0) is 15.5. The second kappa shape index (κ2) is 6.44. The minimum absolute atomic E-state index is 0.457. The minimum Gasteiger partial charge on any atom is -0.369 e. The van der Waals surface area contributed by atoms with Gasteiger partial charge in [0.25, 0.3) is 0 Å². The third kappa shape index (κ3) is 3.45. The SMILES string of the molecule is Cc1ccc(N2CCN(Cc3ccc(F)cc3F)CC2)cc1. The maximum Gasteiger partial charge on any atom is 0.130 e. The van der Waals surface area contributed by atoms with Crippen molar-refractivity contribution in [3.63, 3.8) is 0 Å². The Hall–Kier alpha value is -1.94. The Kier molecular flexibility index (Phi) is 4.39. The van der Waals surface area contributed by atoms with Crippen LogP contribution in [0.1, 0.15) is 11.1 Å². The van der Waals surface area contributed by atoms with E-state index in [-0.39, 0.29) is 0 Å². The van der Waals surface area contributed by atoms with E-state index in [1.165, 1.54) is 23.4 Å². The molecule has 3 rings (SSSR count). The second-order valence-electron chi connectivity index (χ2n) is 5.83. The molecule has 1 aliphatic heterocycles. The molecule has 2 nitrogen and oxygen atoms in total. The highest BCUT2D eigenvalue weighted by molar-refractivity contribution is 5.47. The molecule has 0 spiro atoms. The fraction of sp³-hybridized carbons (Fsp3) is 0.333. The van der Waals surface area contributed by atoms with Crippen molar-refractivity contribution in [3.05, 3.63) is 65.2 Å². The second-order valence-corrected chi connectivity index (χ2v) is 5.83. The highest BCUT2D eigenvalue weighted by Gasteiger charge is 2.18. The lowest BCUT2D eigenvalue weighted by Crippen LogP contribution is -2.46. The van der Waals surface area contributed by atoms with Crippen molar-refractivity contribution in [1.82, 2.24) is 4.90 Å². The molecule has 1 heterocycles. The number of anilines is 1. The molecule has 0 atom stereocenters.